The molecule has 0 radical (unpaired) electrons. The van der Waals surface area contributed by atoms with Crippen molar-refractivity contribution in [2.24, 2.45) is 0 Å². The Kier molecular flexibility index (Phi) is 4.39. The van der Waals surface area contributed by atoms with Crippen LogP contribution in [0.1, 0.15) is 17.3 Å². The number of aromatic nitrogens is 2. The summed E-state index contributed by atoms with van der Waals surface area (Å²) >= 11 is 3.28. The molecule has 2 rings (SSSR count). The molecular formula is C12H14BrN3O3. The van der Waals surface area contributed by atoms with Gasteiger partial charge in [-0.05, 0) is 33.6 Å². The molecule has 0 amide bonds. The highest BCUT2D eigenvalue weighted by molar-refractivity contribution is 9.10. The molecule has 1 heterocycles. The summed E-state index contributed by atoms with van der Waals surface area (Å²) in [6, 6.07) is 3.60. The van der Waals surface area contributed by atoms with E-state index < -0.39 is 0 Å². The van der Waals surface area contributed by atoms with E-state index in [1.165, 1.54) is 7.11 Å². The predicted octanol–water partition coefficient (Wildman–Crippen LogP) is 2.14. The van der Waals surface area contributed by atoms with Crippen LogP contribution in [-0.4, -0.2) is 22.4 Å². The van der Waals surface area contributed by atoms with Gasteiger partial charge in [0.25, 0.3) is 0 Å². The monoisotopic (exact) mass is 327 g/mol. The number of aromatic hydroxyl groups is 1. The second-order valence-electron chi connectivity index (χ2n) is 3.96. The fourth-order valence-corrected chi connectivity index (χ4v) is 2.11. The Bertz CT molecular complexity index is 571. The van der Waals surface area contributed by atoms with Crippen LogP contribution >= 0.6 is 15.9 Å². The first-order valence-electron chi connectivity index (χ1n) is 5.65. The van der Waals surface area contributed by atoms with Gasteiger partial charge in [-0.15, -0.1) is 0 Å². The van der Waals surface area contributed by atoms with Crippen LogP contribution in [0.15, 0.2) is 21.1 Å². The number of benzene rings is 1. The SMILES string of the molecule is COc1cc(CNCc2noc(C)n2)cc(Br)c1O. The van der Waals surface area contributed by atoms with Crippen LogP contribution in [0.5, 0.6) is 11.5 Å². The number of ether oxygens (including phenoxy) is 1. The third kappa shape index (κ3) is 3.45. The highest BCUT2D eigenvalue weighted by atomic mass is 79.9. The van der Waals surface area contributed by atoms with Gasteiger partial charge in [0, 0.05) is 13.5 Å². The number of phenols is 1. The Labute approximate surface area is 118 Å². The Morgan fingerprint density at radius 1 is 1.42 bits per heavy atom. The largest absolute Gasteiger partial charge is 0.503 e. The number of methoxy groups -OCH3 is 1. The highest BCUT2D eigenvalue weighted by Crippen LogP contribution is 2.35. The van der Waals surface area contributed by atoms with E-state index in [4.69, 9.17) is 9.26 Å². The molecule has 0 saturated heterocycles. The first-order chi connectivity index (χ1) is 9.10. The molecule has 0 atom stereocenters. The van der Waals surface area contributed by atoms with Crippen molar-refractivity contribution in [1.29, 1.82) is 0 Å². The minimum Gasteiger partial charge on any atom is -0.503 e. The van der Waals surface area contributed by atoms with Crippen molar-refractivity contribution in [2.45, 2.75) is 20.0 Å². The van der Waals surface area contributed by atoms with E-state index in [0.29, 0.717) is 35.0 Å². The standard InChI is InChI=1S/C12H14BrN3O3/c1-7-15-11(16-19-7)6-14-5-8-3-9(13)12(17)10(4-8)18-2/h3-4,14,17H,5-6H2,1-2H3. The summed E-state index contributed by atoms with van der Waals surface area (Å²) in [7, 11) is 1.51. The van der Waals surface area contributed by atoms with Gasteiger partial charge in [-0.25, -0.2) is 0 Å². The second-order valence-corrected chi connectivity index (χ2v) is 4.82. The van der Waals surface area contributed by atoms with E-state index in [1.54, 1.807) is 13.0 Å². The first kappa shape index (κ1) is 13.8. The summed E-state index contributed by atoms with van der Waals surface area (Å²) in [6.45, 7) is 2.86. The normalized spacial score (nSPS) is 10.7. The molecule has 0 aliphatic carbocycles. The van der Waals surface area contributed by atoms with E-state index in [0.717, 1.165) is 5.56 Å². The van der Waals surface area contributed by atoms with Gasteiger partial charge in [0.15, 0.2) is 17.3 Å². The van der Waals surface area contributed by atoms with Crippen molar-refractivity contribution in [1.82, 2.24) is 15.5 Å². The molecule has 0 saturated carbocycles. The van der Waals surface area contributed by atoms with E-state index in [1.807, 2.05) is 6.07 Å². The van der Waals surface area contributed by atoms with Crippen LogP contribution in [0.4, 0.5) is 0 Å². The lowest BCUT2D eigenvalue weighted by Gasteiger charge is -2.09. The molecule has 6 nitrogen and oxygen atoms in total. The summed E-state index contributed by atoms with van der Waals surface area (Å²) in [4.78, 5) is 4.09. The number of hydrogen-bond donors (Lipinski definition) is 2. The first-order valence-corrected chi connectivity index (χ1v) is 6.44. The number of hydrogen-bond acceptors (Lipinski definition) is 6. The summed E-state index contributed by atoms with van der Waals surface area (Å²) in [5.74, 6) is 1.69. The molecule has 0 unspecified atom stereocenters. The lowest BCUT2D eigenvalue weighted by molar-refractivity contribution is 0.371. The maximum atomic E-state index is 9.70. The third-order valence-electron chi connectivity index (χ3n) is 2.49. The average Bonchev–Trinajstić information content (AvgIpc) is 2.79. The van der Waals surface area contributed by atoms with Crippen LogP contribution < -0.4 is 10.1 Å². The Hall–Kier alpha value is -1.60. The number of rotatable bonds is 5. The summed E-state index contributed by atoms with van der Waals surface area (Å²) < 4.78 is 10.6. The van der Waals surface area contributed by atoms with Gasteiger partial charge in [-0.1, -0.05) is 5.16 Å². The van der Waals surface area contributed by atoms with Gasteiger partial charge in [0.1, 0.15) is 0 Å². The zero-order chi connectivity index (χ0) is 13.8. The van der Waals surface area contributed by atoms with Crippen LogP contribution in [-0.2, 0) is 13.1 Å². The molecule has 1 aromatic carbocycles. The molecule has 0 spiro atoms. The fourth-order valence-electron chi connectivity index (χ4n) is 1.62. The molecule has 7 heteroatoms. The lowest BCUT2D eigenvalue weighted by atomic mass is 10.2. The molecule has 1 aromatic heterocycles. The molecule has 0 bridgehead atoms. The smallest absolute Gasteiger partial charge is 0.223 e. The predicted molar refractivity (Wildman–Crippen MR) is 71.9 cm³/mol. The molecule has 19 heavy (non-hydrogen) atoms. The van der Waals surface area contributed by atoms with Crippen LogP contribution in [0.2, 0.25) is 0 Å². The molecule has 102 valence electrons. The Balaban J connectivity index is 1.98. The van der Waals surface area contributed by atoms with E-state index in [-0.39, 0.29) is 5.75 Å². The molecule has 2 aromatic rings. The second kappa shape index (κ2) is 6.03. The van der Waals surface area contributed by atoms with Gasteiger partial charge in [0.2, 0.25) is 5.89 Å². The van der Waals surface area contributed by atoms with Gasteiger partial charge < -0.3 is 19.7 Å². The number of nitrogens with zero attached hydrogens (tertiary/aromatic N) is 2. The molecule has 0 aliphatic rings. The minimum atomic E-state index is 0.0973. The molecule has 0 aliphatic heterocycles. The van der Waals surface area contributed by atoms with Crippen molar-refractivity contribution in [3.8, 4) is 11.5 Å². The summed E-state index contributed by atoms with van der Waals surface area (Å²) in [5, 5.41) is 16.7. The number of aryl methyl sites for hydroxylation is 1. The fraction of sp³-hybridized carbons (Fsp3) is 0.333. The van der Waals surface area contributed by atoms with E-state index >= 15 is 0 Å². The summed E-state index contributed by atoms with van der Waals surface area (Å²) in [5.41, 5.74) is 0.974. The van der Waals surface area contributed by atoms with Gasteiger partial charge in [-0.3, -0.25) is 0 Å². The Morgan fingerprint density at radius 2 is 2.21 bits per heavy atom. The van der Waals surface area contributed by atoms with E-state index in [2.05, 4.69) is 31.4 Å². The lowest BCUT2D eigenvalue weighted by Crippen LogP contribution is -2.13. The summed E-state index contributed by atoms with van der Waals surface area (Å²) in [6.07, 6.45) is 0. The van der Waals surface area contributed by atoms with Crippen molar-refractivity contribution in [3.63, 3.8) is 0 Å². The van der Waals surface area contributed by atoms with Crippen LogP contribution in [0, 0.1) is 6.92 Å². The Morgan fingerprint density at radius 3 is 2.84 bits per heavy atom. The quantitative estimate of drug-likeness (QED) is 0.875. The van der Waals surface area contributed by atoms with Crippen molar-refractivity contribution >= 4 is 15.9 Å². The number of nitrogens with one attached hydrogen (secondary N) is 1. The van der Waals surface area contributed by atoms with Gasteiger partial charge in [0.05, 0.1) is 18.1 Å². The maximum Gasteiger partial charge on any atom is 0.223 e. The number of halogens is 1. The average molecular weight is 328 g/mol. The third-order valence-corrected chi connectivity index (χ3v) is 3.09. The highest BCUT2D eigenvalue weighted by Gasteiger charge is 2.08. The minimum absolute atomic E-state index is 0.0973. The maximum absolute atomic E-state index is 9.70. The zero-order valence-corrected chi connectivity index (χ0v) is 12.2. The van der Waals surface area contributed by atoms with Crippen molar-refractivity contribution in [2.75, 3.05) is 7.11 Å². The molecular weight excluding hydrogens is 314 g/mol. The van der Waals surface area contributed by atoms with Crippen molar-refractivity contribution < 1.29 is 14.4 Å². The van der Waals surface area contributed by atoms with Gasteiger partial charge in [-0.2, -0.15) is 4.98 Å². The van der Waals surface area contributed by atoms with Crippen LogP contribution in [0.3, 0.4) is 0 Å². The van der Waals surface area contributed by atoms with Gasteiger partial charge >= 0.3 is 0 Å². The zero-order valence-electron chi connectivity index (χ0n) is 10.6. The molecule has 2 N–H and O–H groups in total. The van der Waals surface area contributed by atoms with E-state index in [9.17, 15) is 5.11 Å². The molecule has 0 fully saturated rings. The topological polar surface area (TPSA) is 80.4 Å². The van der Waals surface area contributed by atoms with Crippen LogP contribution in [0.25, 0.3) is 0 Å². The van der Waals surface area contributed by atoms with Crippen molar-refractivity contribution in [3.05, 3.63) is 33.9 Å². The number of phenolic OH excluding ortho intramolecular Hbond substituents is 1.